The van der Waals surface area contributed by atoms with Gasteiger partial charge in [0.15, 0.2) is 5.78 Å². The summed E-state index contributed by atoms with van der Waals surface area (Å²) >= 11 is 0. The summed E-state index contributed by atoms with van der Waals surface area (Å²) < 4.78 is 15.7. The second-order valence-electron chi connectivity index (χ2n) is 11.1. The Hall–Kier alpha value is -5.23. The topological polar surface area (TPSA) is 173 Å². The first kappa shape index (κ1) is 33.7. The summed E-state index contributed by atoms with van der Waals surface area (Å²) in [5.74, 6) is -2.68. The number of hydrogen-bond donors (Lipinski definition) is 4. The number of carboxylic acid groups (broad SMARTS) is 1. The molecule has 0 radical (unpaired) electrons. The molecule has 1 aliphatic rings. The SMILES string of the molecule is COc1ccc(C[C@H](NC(=O)C(CC(=O)O)NC(=O)OCc2ccccc2)C(=O)N[C@@H](Cc2ccccc2)C(=O)[C@]2(C)CO2)cc1. The van der Waals surface area contributed by atoms with Crippen LogP contribution in [0.3, 0.4) is 0 Å². The Morgan fingerprint density at radius 1 is 0.761 bits per heavy atom. The van der Waals surface area contributed by atoms with E-state index in [0.717, 1.165) is 5.56 Å². The number of epoxide rings is 1. The van der Waals surface area contributed by atoms with Crippen molar-refractivity contribution in [3.05, 3.63) is 102 Å². The number of nitrogens with one attached hydrogen (secondary N) is 3. The highest BCUT2D eigenvalue weighted by molar-refractivity contribution is 5.99. The average Bonchev–Trinajstić information content (AvgIpc) is 3.81. The van der Waals surface area contributed by atoms with Gasteiger partial charge in [-0.2, -0.15) is 0 Å². The molecular weight excluding hydrogens is 594 g/mol. The molecule has 12 nitrogen and oxygen atoms in total. The van der Waals surface area contributed by atoms with Gasteiger partial charge in [0.05, 0.1) is 26.2 Å². The largest absolute Gasteiger partial charge is 0.497 e. The van der Waals surface area contributed by atoms with Crippen molar-refractivity contribution >= 4 is 29.7 Å². The molecule has 1 unspecified atom stereocenters. The van der Waals surface area contributed by atoms with Gasteiger partial charge >= 0.3 is 12.1 Å². The Balaban J connectivity index is 1.52. The average molecular weight is 632 g/mol. The van der Waals surface area contributed by atoms with Crippen LogP contribution >= 0.6 is 0 Å². The normalized spacial score (nSPS) is 17.0. The summed E-state index contributed by atoms with van der Waals surface area (Å²) in [7, 11) is 1.51. The van der Waals surface area contributed by atoms with Gasteiger partial charge in [0.1, 0.15) is 30.0 Å². The first-order valence-corrected chi connectivity index (χ1v) is 14.7. The van der Waals surface area contributed by atoms with E-state index >= 15 is 0 Å². The molecule has 1 saturated heterocycles. The monoisotopic (exact) mass is 631 g/mol. The number of aliphatic carboxylic acids is 1. The summed E-state index contributed by atoms with van der Waals surface area (Å²) in [6, 6.07) is 21.0. The van der Waals surface area contributed by atoms with Crippen LogP contribution in [0.15, 0.2) is 84.9 Å². The van der Waals surface area contributed by atoms with Crippen LogP contribution in [0.5, 0.6) is 5.75 Å². The predicted octanol–water partition coefficient (Wildman–Crippen LogP) is 2.58. The lowest BCUT2D eigenvalue weighted by atomic mass is 9.94. The first-order valence-electron chi connectivity index (χ1n) is 14.7. The van der Waals surface area contributed by atoms with E-state index in [1.165, 1.54) is 7.11 Å². The van der Waals surface area contributed by atoms with Crippen molar-refractivity contribution in [3.8, 4) is 5.75 Å². The molecule has 242 valence electrons. The molecule has 0 aromatic heterocycles. The molecule has 46 heavy (non-hydrogen) atoms. The predicted molar refractivity (Wildman–Crippen MR) is 166 cm³/mol. The maximum atomic E-state index is 13.8. The zero-order valence-electron chi connectivity index (χ0n) is 25.6. The van der Waals surface area contributed by atoms with Crippen molar-refractivity contribution in [2.75, 3.05) is 13.7 Å². The number of Topliss-reactive ketones (excluding diaryl/α,β-unsaturated/α-hetero) is 1. The number of carbonyl (C=O) groups excluding carboxylic acids is 4. The fourth-order valence-electron chi connectivity index (χ4n) is 4.72. The molecular formula is C34H37N3O9. The zero-order valence-corrected chi connectivity index (χ0v) is 25.6. The Bertz CT molecular complexity index is 1510. The van der Waals surface area contributed by atoms with Crippen LogP contribution in [0.25, 0.3) is 0 Å². The van der Waals surface area contributed by atoms with Crippen LogP contribution in [-0.2, 0) is 48.1 Å². The van der Waals surface area contributed by atoms with Crippen molar-refractivity contribution in [1.29, 1.82) is 0 Å². The van der Waals surface area contributed by atoms with Gasteiger partial charge in [-0.15, -0.1) is 0 Å². The third kappa shape index (κ3) is 9.89. The number of rotatable bonds is 16. The summed E-state index contributed by atoms with van der Waals surface area (Å²) in [5, 5.41) is 17.1. The van der Waals surface area contributed by atoms with E-state index in [2.05, 4.69) is 16.0 Å². The van der Waals surface area contributed by atoms with Crippen LogP contribution in [0.2, 0.25) is 0 Å². The van der Waals surface area contributed by atoms with E-state index in [1.54, 1.807) is 61.5 Å². The molecule has 1 aliphatic heterocycles. The van der Waals surface area contributed by atoms with E-state index in [4.69, 9.17) is 14.2 Å². The second kappa shape index (κ2) is 15.7. The van der Waals surface area contributed by atoms with Crippen LogP contribution in [-0.4, -0.2) is 72.2 Å². The van der Waals surface area contributed by atoms with E-state index in [9.17, 15) is 29.1 Å². The van der Waals surface area contributed by atoms with Crippen molar-refractivity contribution in [1.82, 2.24) is 16.0 Å². The molecule has 0 bridgehead atoms. The lowest BCUT2D eigenvalue weighted by molar-refractivity contribution is -0.140. The Kier molecular flexibility index (Phi) is 11.5. The van der Waals surface area contributed by atoms with E-state index in [0.29, 0.717) is 16.9 Å². The molecule has 12 heteroatoms. The first-order chi connectivity index (χ1) is 22.1. The summed E-state index contributed by atoms with van der Waals surface area (Å²) in [5.41, 5.74) is 1.12. The van der Waals surface area contributed by atoms with Crippen LogP contribution in [0.4, 0.5) is 4.79 Å². The van der Waals surface area contributed by atoms with Crippen molar-refractivity contribution in [2.45, 2.75) is 56.5 Å². The number of ether oxygens (including phenoxy) is 3. The third-order valence-corrected chi connectivity index (χ3v) is 7.45. The quantitative estimate of drug-likeness (QED) is 0.173. The molecule has 1 heterocycles. The summed E-state index contributed by atoms with van der Waals surface area (Å²) in [4.78, 5) is 64.8. The van der Waals surface area contributed by atoms with Gasteiger partial charge in [0, 0.05) is 6.42 Å². The molecule has 3 aromatic rings. The van der Waals surface area contributed by atoms with E-state index in [1.807, 2.05) is 30.3 Å². The Labute approximate surface area is 266 Å². The molecule has 4 atom stereocenters. The Morgan fingerprint density at radius 3 is 1.85 bits per heavy atom. The standard InChI is InChI=1S/C34H37N3O9/c1-34(21-46-34)30(40)26(17-22-9-5-3-6-10-22)35-31(41)27(18-23-13-15-25(44-2)16-14-23)36-32(42)28(19-29(38)39)37-33(43)45-20-24-11-7-4-8-12-24/h3-16,26-28H,17-21H2,1-2H3,(H,35,41)(H,36,42)(H,37,43)(H,38,39)/t26-,27-,28?,34-/m0/s1. The van der Waals surface area contributed by atoms with E-state index < -0.39 is 54.0 Å². The highest BCUT2D eigenvalue weighted by Crippen LogP contribution is 2.29. The van der Waals surface area contributed by atoms with Gasteiger partial charge in [0.25, 0.3) is 0 Å². The fourth-order valence-corrected chi connectivity index (χ4v) is 4.72. The van der Waals surface area contributed by atoms with Gasteiger partial charge < -0.3 is 35.3 Å². The molecule has 0 saturated carbocycles. The zero-order chi connectivity index (χ0) is 33.1. The van der Waals surface area contributed by atoms with Gasteiger partial charge in [-0.1, -0.05) is 72.8 Å². The molecule has 3 amide bonds. The lowest BCUT2D eigenvalue weighted by Crippen LogP contribution is -2.57. The number of amides is 3. The summed E-state index contributed by atoms with van der Waals surface area (Å²) in [6.07, 6.45) is -1.61. The van der Waals surface area contributed by atoms with Crippen molar-refractivity contribution in [2.24, 2.45) is 0 Å². The van der Waals surface area contributed by atoms with Gasteiger partial charge in [-0.3, -0.25) is 19.2 Å². The lowest BCUT2D eigenvalue weighted by Gasteiger charge is -2.26. The highest BCUT2D eigenvalue weighted by atomic mass is 16.6. The van der Waals surface area contributed by atoms with Gasteiger partial charge in [-0.25, -0.2) is 4.79 Å². The molecule has 4 rings (SSSR count). The molecule has 4 N–H and O–H groups in total. The molecule has 1 fully saturated rings. The number of benzene rings is 3. The number of methoxy groups -OCH3 is 1. The minimum absolute atomic E-state index is 0.0141. The van der Waals surface area contributed by atoms with Crippen LogP contribution in [0, 0.1) is 0 Å². The highest BCUT2D eigenvalue weighted by Gasteiger charge is 2.50. The maximum absolute atomic E-state index is 13.8. The Morgan fingerprint density at radius 2 is 1.28 bits per heavy atom. The number of hydrogen-bond acceptors (Lipinski definition) is 8. The smallest absolute Gasteiger partial charge is 0.408 e. The molecule has 0 spiro atoms. The van der Waals surface area contributed by atoms with E-state index in [-0.39, 0.29) is 31.8 Å². The minimum Gasteiger partial charge on any atom is -0.497 e. The second-order valence-corrected chi connectivity index (χ2v) is 11.1. The maximum Gasteiger partial charge on any atom is 0.408 e. The van der Waals surface area contributed by atoms with Gasteiger partial charge in [0.2, 0.25) is 11.8 Å². The van der Waals surface area contributed by atoms with Crippen LogP contribution < -0.4 is 20.7 Å². The van der Waals surface area contributed by atoms with Crippen LogP contribution in [0.1, 0.15) is 30.0 Å². The minimum atomic E-state index is -1.56. The van der Waals surface area contributed by atoms with Gasteiger partial charge in [-0.05, 0) is 42.2 Å². The third-order valence-electron chi connectivity index (χ3n) is 7.45. The summed E-state index contributed by atoms with van der Waals surface area (Å²) in [6.45, 7) is 1.77. The number of carbonyl (C=O) groups is 5. The number of carboxylic acids is 1. The fraction of sp³-hybridized carbons (Fsp3) is 0.324. The number of ketones is 1. The van der Waals surface area contributed by atoms with Crippen molar-refractivity contribution < 1.29 is 43.3 Å². The molecule has 0 aliphatic carbocycles. The number of alkyl carbamates (subject to hydrolysis) is 1. The molecule has 3 aromatic carbocycles. The van der Waals surface area contributed by atoms with Crippen molar-refractivity contribution in [3.63, 3.8) is 0 Å².